The number of hydrogen-bond donors (Lipinski definition) is 0. The van der Waals surface area contributed by atoms with Crippen LogP contribution in [-0.2, 0) is 0 Å². The molecule has 4 aromatic rings. The Morgan fingerprint density at radius 2 is 0.846 bits per heavy atom. The molecule has 0 amide bonds. The van der Waals surface area contributed by atoms with Crippen molar-refractivity contribution in [1.82, 2.24) is 0 Å². The summed E-state index contributed by atoms with van der Waals surface area (Å²) in [6.45, 7) is 2.12. The molecule has 0 N–H and O–H groups in total. The van der Waals surface area contributed by atoms with Gasteiger partial charge in [0.05, 0.1) is 0 Å². The fourth-order valence-electron chi connectivity index (χ4n) is 3.15. The zero-order valence-corrected chi connectivity index (χ0v) is 14.8. The van der Waals surface area contributed by atoms with Crippen molar-refractivity contribution in [3.63, 3.8) is 0 Å². The summed E-state index contributed by atoms with van der Waals surface area (Å²) in [5.41, 5.74) is 7.20. The summed E-state index contributed by atoms with van der Waals surface area (Å²) in [5, 5.41) is 0. The van der Waals surface area contributed by atoms with Crippen molar-refractivity contribution < 1.29 is 0 Å². The van der Waals surface area contributed by atoms with Crippen LogP contribution in [0.25, 0.3) is 11.1 Å². The van der Waals surface area contributed by atoms with Gasteiger partial charge in [-0.2, -0.15) is 0 Å². The Morgan fingerprint density at radius 3 is 1.42 bits per heavy atom. The van der Waals surface area contributed by atoms with Crippen molar-refractivity contribution in [2.24, 2.45) is 0 Å². The van der Waals surface area contributed by atoms with Gasteiger partial charge in [-0.15, -0.1) is 0 Å². The van der Waals surface area contributed by atoms with Crippen LogP contribution in [0.1, 0.15) is 5.56 Å². The monoisotopic (exact) mass is 335 g/mol. The third kappa shape index (κ3) is 3.38. The Hall–Kier alpha value is -3.32. The highest BCUT2D eigenvalue weighted by Gasteiger charge is 2.12. The highest BCUT2D eigenvalue weighted by Crippen LogP contribution is 2.35. The number of anilines is 3. The first-order valence-corrected chi connectivity index (χ1v) is 8.88. The topological polar surface area (TPSA) is 3.24 Å². The molecule has 26 heavy (non-hydrogen) atoms. The Kier molecular flexibility index (Phi) is 4.53. The molecule has 0 aromatic heterocycles. The smallest absolute Gasteiger partial charge is 0.0462 e. The maximum atomic E-state index is 2.29. The van der Waals surface area contributed by atoms with Crippen molar-refractivity contribution in [2.45, 2.75) is 6.92 Å². The Labute approximate surface area is 155 Å². The van der Waals surface area contributed by atoms with E-state index >= 15 is 0 Å². The molecule has 0 radical (unpaired) electrons. The van der Waals surface area contributed by atoms with Crippen LogP contribution in [0.15, 0.2) is 109 Å². The molecule has 0 fully saturated rings. The van der Waals surface area contributed by atoms with E-state index in [0.717, 1.165) is 17.1 Å². The second kappa shape index (κ2) is 7.28. The normalized spacial score (nSPS) is 10.5. The van der Waals surface area contributed by atoms with E-state index in [2.05, 4.69) is 115 Å². The first-order chi connectivity index (χ1) is 12.8. The van der Waals surface area contributed by atoms with Crippen molar-refractivity contribution in [3.8, 4) is 11.1 Å². The predicted octanol–water partition coefficient (Wildman–Crippen LogP) is 7.13. The molecule has 1 heteroatoms. The first kappa shape index (κ1) is 16.2. The van der Waals surface area contributed by atoms with Crippen LogP contribution in [-0.4, -0.2) is 0 Å². The van der Waals surface area contributed by atoms with Crippen LogP contribution in [0.3, 0.4) is 0 Å². The van der Waals surface area contributed by atoms with Gasteiger partial charge in [0.15, 0.2) is 0 Å². The predicted molar refractivity (Wildman–Crippen MR) is 111 cm³/mol. The lowest BCUT2D eigenvalue weighted by molar-refractivity contribution is 1.27. The number of hydrogen-bond acceptors (Lipinski definition) is 1. The van der Waals surface area contributed by atoms with Crippen LogP contribution in [0.5, 0.6) is 0 Å². The van der Waals surface area contributed by atoms with Gasteiger partial charge in [-0.1, -0.05) is 78.4 Å². The van der Waals surface area contributed by atoms with Crippen molar-refractivity contribution >= 4 is 17.1 Å². The molecule has 0 unspecified atom stereocenters. The van der Waals surface area contributed by atoms with Crippen LogP contribution in [0, 0.1) is 6.92 Å². The van der Waals surface area contributed by atoms with E-state index in [4.69, 9.17) is 0 Å². The van der Waals surface area contributed by atoms with Crippen molar-refractivity contribution in [2.75, 3.05) is 4.90 Å². The number of aryl methyl sites for hydroxylation is 1. The van der Waals surface area contributed by atoms with Gasteiger partial charge < -0.3 is 4.90 Å². The van der Waals surface area contributed by atoms with Gasteiger partial charge in [0, 0.05) is 17.1 Å². The van der Waals surface area contributed by atoms with Crippen molar-refractivity contribution in [1.29, 1.82) is 0 Å². The average Bonchev–Trinajstić information content (AvgIpc) is 2.72. The lowest BCUT2D eigenvalue weighted by Crippen LogP contribution is -2.09. The number of nitrogens with zero attached hydrogens (tertiary/aromatic N) is 1. The van der Waals surface area contributed by atoms with Gasteiger partial charge in [0.25, 0.3) is 0 Å². The molecule has 1 nitrogen and oxygen atoms in total. The summed E-state index contributed by atoms with van der Waals surface area (Å²) >= 11 is 0. The van der Waals surface area contributed by atoms with Crippen LogP contribution < -0.4 is 4.90 Å². The van der Waals surface area contributed by atoms with Gasteiger partial charge >= 0.3 is 0 Å². The maximum Gasteiger partial charge on any atom is 0.0462 e. The lowest BCUT2D eigenvalue weighted by Gasteiger charge is -2.25. The standard InChI is InChI=1S/C25H21N/c1-20-12-16-24(17-13-20)26(23-10-6-3-7-11-23)25-18-14-22(15-19-25)21-8-4-2-5-9-21/h2-19H,1H3. The summed E-state index contributed by atoms with van der Waals surface area (Å²) in [6, 6.07) is 38.4. The van der Waals surface area contributed by atoms with Crippen LogP contribution in [0.4, 0.5) is 17.1 Å². The number of benzene rings is 4. The van der Waals surface area contributed by atoms with Crippen molar-refractivity contribution in [3.05, 3.63) is 115 Å². The minimum atomic E-state index is 1.15. The van der Waals surface area contributed by atoms with Gasteiger partial charge in [-0.3, -0.25) is 0 Å². The Bertz CT molecular complexity index is 956. The van der Waals surface area contributed by atoms with E-state index in [1.807, 2.05) is 6.07 Å². The summed E-state index contributed by atoms with van der Waals surface area (Å²) < 4.78 is 0. The van der Waals surface area contributed by atoms with Crippen LogP contribution in [0.2, 0.25) is 0 Å². The molecule has 0 aliphatic heterocycles. The SMILES string of the molecule is Cc1ccc(N(c2ccccc2)c2ccc(-c3ccccc3)cc2)cc1. The Morgan fingerprint density at radius 1 is 0.423 bits per heavy atom. The molecule has 0 heterocycles. The van der Waals surface area contributed by atoms with Gasteiger partial charge in [-0.05, 0) is 54.4 Å². The fraction of sp³-hybridized carbons (Fsp3) is 0.0400. The molecule has 0 saturated heterocycles. The van der Waals surface area contributed by atoms with Crippen LogP contribution >= 0.6 is 0 Å². The van der Waals surface area contributed by atoms with E-state index in [1.54, 1.807) is 0 Å². The molecule has 0 bridgehead atoms. The molecule has 0 saturated carbocycles. The van der Waals surface area contributed by atoms with Gasteiger partial charge in [-0.25, -0.2) is 0 Å². The zero-order valence-electron chi connectivity index (χ0n) is 14.8. The number of rotatable bonds is 4. The minimum Gasteiger partial charge on any atom is -0.311 e. The van der Waals surface area contributed by atoms with E-state index in [0.29, 0.717) is 0 Å². The second-order valence-corrected chi connectivity index (χ2v) is 6.42. The molecular weight excluding hydrogens is 314 g/mol. The van der Waals surface area contributed by atoms with E-state index < -0.39 is 0 Å². The Balaban J connectivity index is 1.76. The molecule has 0 spiro atoms. The molecule has 4 rings (SSSR count). The third-order valence-electron chi connectivity index (χ3n) is 4.54. The zero-order chi connectivity index (χ0) is 17.8. The largest absolute Gasteiger partial charge is 0.311 e. The summed E-state index contributed by atoms with van der Waals surface area (Å²) in [6.07, 6.45) is 0. The third-order valence-corrected chi connectivity index (χ3v) is 4.54. The molecule has 0 aliphatic rings. The maximum absolute atomic E-state index is 2.29. The fourth-order valence-corrected chi connectivity index (χ4v) is 3.15. The highest BCUT2D eigenvalue weighted by molar-refractivity contribution is 5.78. The average molecular weight is 335 g/mol. The van der Waals surface area contributed by atoms with E-state index in [-0.39, 0.29) is 0 Å². The van der Waals surface area contributed by atoms with Gasteiger partial charge in [0.2, 0.25) is 0 Å². The molecule has 126 valence electrons. The lowest BCUT2D eigenvalue weighted by atomic mass is 10.0. The molecule has 0 atom stereocenters. The minimum absolute atomic E-state index is 1.15. The number of para-hydroxylation sites is 1. The first-order valence-electron chi connectivity index (χ1n) is 8.88. The van der Waals surface area contributed by atoms with Gasteiger partial charge in [0.1, 0.15) is 0 Å². The quantitative estimate of drug-likeness (QED) is 0.383. The van der Waals surface area contributed by atoms with E-state index in [9.17, 15) is 0 Å². The summed E-state index contributed by atoms with van der Waals surface area (Å²) in [4.78, 5) is 2.29. The molecule has 4 aromatic carbocycles. The highest BCUT2D eigenvalue weighted by atomic mass is 15.1. The van der Waals surface area contributed by atoms with E-state index in [1.165, 1.54) is 16.7 Å². The molecular formula is C25H21N. The summed E-state index contributed by atoms with van der Waals surface area (Å²) in [7, 11) is 0. The summed E-state index contributed by atoms with van der Waals surface area (Å²) in [5.74, 6) is 0. The molecule has 0 aliphatic carbocycles. The second-order valence-electron chi connectivity index (χ2n) is 6.42.